The molecule has 86 valence electrons. The van der Waals surface area contributed by atoms with Crippen LogP contribution in [0.15, 0.2) is 34.2 Å². The molecule has 0 spiro atoms. The molecule has 0 atom stereocenters. The smallest absolute Gasteiger partial charge is 0.101 e. The second-order valence-electron chi connectivity index (χ2n) is 3.96. The molecule has 0 unspecified atom stereocenters. The van der Waals surface area contributed by atoms with E-state index in [-0.39, 0.29) is 0 Å². The van der Waals surface area contributed by atoms with E-state index >= 15 is 0 Å². The van der Waals surface area contributed by atoms with E-state index in [0.29, 0.717) is 0 Å². The van der Waals surface area contributed by atoms with Crippen molar-refractivity contribution < 1.29 is 0 Å². The van der Waals surface area contributed by atoms with Crippen LogP contribution in [0.2, 0.25) is 0 Å². The number of hydrogen-bond donors (Lipinski definition) is 1. The topological polar surface area (TPSA) is 24.4 Å². The molecule has 16 heavy (non-hydrogen) atoms. The first-order valence-electron chi connectivity index (χ1n) is 5.83. The van der Waals surface area contributed by atoms with Gasteiger partial charge in [-0.05, 0) is 31.2 Å². The maximum Gasteiger partial charge on any atom is 0.101 e. The number of aliphatic imine (C=N–C) groups is 1. The van der Waals surface area contributed by atoms with E-state index < -0.39 is 0 Å². The van der Waals surface area contributed by atoms with Crippen molar-refractivity contribution in [1.29, 1.82) is 0 Å². The molecule has 3 heteroatoms. The third kappa shape index (κ3) is 3.01. The Balaban J connectivity index is 2.10. The quantitative estimate of drug-likeness (QED) is 0.787. The van der Waals surface area contributed by atoms with Crippen LogP contribution >= 0.6 is 11.8 Å². The standard InChI is InChI=1S/C13H18N2S/c1-16-12-8-5-4-7-11(12)15-13-9-3-2-6-10-14-13/h4-5,7-8H,2-3,6,9-10H2,1H3,(H,14,15). The maximum absolute atomic E-state index is 4.59. The Morgan fingerprint density at radius 1 is 1.19 bits per heavy atom. The van der Waals surface area contributed by atoms with E-state index in [2.05, 4.69) is 40.8 Å². The molecule has 0 saturated carbocycles. The minimum atomic E-state index is 0.976. The van der Waals surface area contributed by atoms with Gasteiger partial charge < -0.3 is 5.32 Å². The van der Waals surface area contributed by atoms with Crippen LogP contribution in [0.5, 0.6) is 0 Å². The predicted octanol–water partition coefficient (Wildman–Crippen LogP) is 3.79. The summed E-state index contributed by atoms with van der Waals surface area (Å²) >= 11 is 1.77. The number of amidine groups is 1. The lowest BCUT2D eigenvalue weighted by molar-refractivity contribution is 0.731. The van der Waals surface area contributed by atoms with Crippen LogP contribution in [0.3, 0.4) is 0 Å². The Kier molecular flexibility index (Phi) is 4.28. The van der Waals surface area contributed by atoms with Crippen molar-refractivity contribution >= 4 is 23.3 Å². The van der Waals surface area contributed by atoms with E-state index in [4.69, 9.17) is 0 Å². The molecule has 0 fully saturated rings. The normalized spacial score (nSPS) is 16.4. The Hall–Kier alpha value is -0.960. The van der Waals surface area contributed by atoms with Gasteiger partial charge >= 0.3 is 0 Å². The Morgan fingerprint density at radius 2 is 2.06 bits per heavy atom. The molecule has 0 radical (unpaired) electrons. The highest BCUT2D eigenvalue weighted by molar-refractivity contribution is 7.98. The SMILES string of the molecule is CSc1ccccc1NC1=NCCCCC1. The van der Waals surface area contributed by atoms with Gasteiger partial charge in [0, 0.05) is 17.9 Å². The van der Waals surface area contributed by atoms with Crippen molar-refractivity contribution in [3.05, 3.63) is 24.3 Å². The highest BCUT2D eigenvalue weighted by atomic mass is 32.2. The summed E-state index contributed by atoms with van der Waals surface area (Å²) in [7, 11) is 0. The Morgan fingerprint density at radius 3 is 2.94 bits per heavy atom. The molecule has 0 aliphatic carbocycles. The molecule has 0 amide bonds. The van der Waals surface area contributed by atoms with Crippen LogP contribution in [0.1, 0.15) is 25.7 Å². The number of anilines is 1. The fraction of sp³-hybridized carbons (Fsp3) is 0.462. The van der Waals surface area contributed by atoms with Crippen LogP contribution in [0.4, 0.5) is 5.69 Å². The molecule has 2 rings (SSSR count). The second kappa shape index (κ2) is 5.94. The van der Waals surface area contributed by atoms with Crippen molar-refractivity contribution in [3.63, 3.8) is 0 Å². The molecule has 0 saturated heterocycles. The average molecular weight is 234 g/mol. The van der Waals surface area contributed by atoms with Crippen molar-refractivity contribution in [2.75, 3.05) is 18.1 Å². The number of para-hydroxylation sites is 1. The van der Waals surface area contributed by atoms with Gasteiger partial charge in [0.05, 0.1) is 5.69 Å². The summed E-state index contributed by atoms with van der Waals surface area (Å²) in [6.07, 6.45) is 6.99. The van der Waals surface area contributed by atoms with Gasteiger partial charge in [-0.1, -0.05) is 18.6 Å². The molecule has 1 aliphatic heterocycles. The van der Waals surface area contributed by atoms with Gasteiger partial charge in [-0.25, -0.2) is 0 Å². The van der Waals surface area contributed by atoms with Gasteiger partial charge in [-0.15, -0.1) is 11.8 Å². The summed E-state index contributed by atoms with van der Waals surface area (Å²) in [6.45, 7) is 0.976. The van der Waals surface area contributed by atoms with E-state index in [1.807, 2.05) is 0 Å². The first-order valence-corrected chi connectivity index (χ1v) is 7.06. The molecule has 0 bridgehead atoms. The predicted molar refractivity (Wildman–Crippen MR) is 72.6 cm³/mol. The summed E-state index contributed by atoms with van der Waals surface area (Å²) in [4.78, 5) is 5.88. The first kappa shape index (κ1) is 11.5. The summed E-state index contributed by atoms with van der Waals surface area (Å²) < 4.78 is 0. The van der Waals surface area contributed by atoms with Gasteiger partial charge in [0.15, 0.2) is 0 Å². The van der Waals surface area contributed by atoms with Crippen molar-refractivity contribution in [2.24, 2.45) is 4.99 Å². The largest absolute Gasteiger partial charge is 0.343 e. The summed E-state index contributed by atoms with van der Waals surface area (Å²) in [5.74, 6) is 1.15. The molecule has 1 aromatic carbocycles. The van der Waals surface area contributed by atoms with E-state index in [0.717, 1.165) is 18.8 Å². The fourth-order valence-electron chi connectivity index (χ4n) is 1.88. The molecule has 1 aliphatic rings. The van der Waals surface area contributed by atoms with Crippen molar-refractivity contribution in [3.8, 4) is 0 Å². The minimum Gasteiger partial charge on any atom is -0.343 e. The van der Waals surface area contributed by atoms with Crippen LogP contribution in [0, 0.1) is 0 Å². The number of hydrogen-bond acceptors (Lipinski definition) is 3. The second-order valence-corrected chi connectivity index (χ2v) is 4.81. The van der Waals surface area contributed by atoms with Gasteiger partial charge in [0.1, 0.15) is 5.84 Å². The van der Waals surface area contributed by atoms with Gasteiger partial charge in [0.2, 0.25) is 0 Å². The lowest BCUT2D eigenvalue weighted by atomic mass is 10.2. The molecule has 2 nitrogen and oxygen atoms in total. The Labute approximate surface area is 102 Å². The molecule has 1 N–H and O–H groups in total. The van der Waals surface area contributed by atoms with E-state index in [9.17, 15) is 0 Å². The number of rotatable bonds is 2. The lowest BCUT2D eigenvalue weighted by Crippen LogP contribution is -2.12. The zero-order valence-corrected chi connectivity index (χ0v) is 10.5. The summed E-state index contributed by atoms with van der Waals surface area (Å²) in [5.41, 5.74) is 1.19. The van der Waals surface area contributed by atoms with Crippen LogP contribution in [-0.4, -0.2) is 18.6 Å². The zero-order chi connectivity index (χ0) is 11.2. The minimum absolute atomic E-state index is 0.976. The van der Waals surface area contributed by atoms with E-state index in [1.165, 1.54) is 29.8 Å². The van der Waals surface area contributed by atoms with E-state index in [1.54, 1.807) is 11.8 Å². The monoisotopic (exact) mass is 234 g/mol. The molecule has 0 aromatic heterocycles. The summed E-state index contributed by atoms with van der Waals surface area (Å²) in [5, 5.41) is 3.47. The van der Waals surface area contributed by atoms with Crippen LogP contribution < -0.4 is 5.32 Å². The Bertz CT molecular complexity index is 374. The molecule has 1 aromatic rings. The van der Waals surface area contributed by atoms with Crippen molar-refractivity contribution in [2.45, 2.75) is 30.6 Å². The fourth-order valence-corrected chi connectivity index (χ4v) is 2.43. The highest BCUT2D eigenvalue weighted by Crippen LogP contribution is 2.25. The first-order chi connectivity index (χ1) is 7.90. The number of thioether (sulfide) groups is 1. The van der Waals surface area contributed by atoms with Crippen LogP contribution in [0.25, 0.3) is 0 Å². The van der Waals surface area contributed by atoms with Crippen LogP contribution in [-0.2, 0) is 0 Å². The van der Waals surface area contributed by atoms with Gasteiger partial charge in [0.25, 0.3) is 0 Å². The van der Waals surface area contributed by atoms with Gasteiger partial charge in [-0.2, -0.15) is 0 Å². The number of nitrogens with zero attached hydrogens (tertiary/aromatic N) is 1. The van der Waals surface area contributed by atoms with Crippen molar-refractivity contribution in [1.82, 2.24) is 0 Å². The third-order valence-corrected chi connectivity index (χ3v) is 3.56. The van der Waals surface area contributed by atoms with Gasteiger partial charge in [-0.3, -0.25) is 4.99 Å². The lowest BCUT2D eigenvalue weighted by Gasteiger charge is -2.11. The summed E-state index contributed by atoms with van der Waals surface area (Å²) in [6, 6.07) is 8.41. The highest BCUT2D eigenvalue weighted by Gasteiger charge is 2.06. The zero-order valence-electron chi connectivity index (χ0n) is 9.70. The third-order valence-electron chi connectivity index (χ3n) is 2.76. The number of benzene rings is 1. The average Bonchev–Trinajstić information content (AvgIpc) is 2.58. The maximum atomic E-state index is 4.59. The molecule has 1 heterocycles. The molecular weight excluding hydrogens is 216 g/mol. The number of nitrogens with one attached hydrogen (secondary N) is 1. The molecular formula is C13H18N2S.